The zero-order chi connectivity index (χ0) is 11.1. The van der Waals surface area contributed by atoms with Crippen molar-refractivity contribution in [2.24, 2.45) is 0 Å². The van der Waals surface area contributed by atoms with Crippen molar-refractivity contribution >= 4 is 0 Å². The summed E-state index contributed by atoms with van der Waals surface area (Å²) in [5.41, 5.74) is 0. The molecular formula is C14H29FN2. The summed E-state index contributed by atoms with van der Waals surface area (Å²) in [4.78, 5) is 2.78. The molecule has 0 aromatic heterocycles. The first kappa shape index (κ1) is 14.9. The third-order valence-corrected chi connectivity index (χ3v) is 4.22. The molecule has 0 spiro atoms. The number of nitrogens with zero attached hydrogens (tertiary/aromatic N) is 1. The third kappa shape index (κ3) is 5.35. The average molecular weight is 244 g/mol. The molecule has 2 nitrogen and oxygen atoms in total. The molecule has 1 saturated carbocycles. The van der Waals surface area contributed by atoms with E-state index in [4.69, 9.17) is 0 Å². The van der Waals surface area contributed by atoms with Crippen LogP contribution in [0.2, 0.25) is 0 Å². The molecule has 1 N–H and O–H groups in total. The van der Waals surface area contributed by atoms with Crippen molar-refractivity contribution in [2.75, 3.05) is 26.2 Å². The van der Waals surface area contributed by atoms with Crippen molar-refractivity contribution in [3.63, 3.8) is 0 Å². The van der Waals surface area contributed by atoms with Crippen LogP contribution < -0.4 is 5.32 Å². The molecule has 0 bridgehead atoms. The SMILES string of the molecule is C1CCCC(N2CCCCNCC2)CCC1.F. The largest absolute Gasteiger partial charge is 0.315 e. The molecule has 17 heavy (non-hydrogen) atoms. The van der Waals surface area contributed by atoms with Gasteiger partial charge >= 0.3 is 0 Å². The summed E-state index contributed by atoms with van der Waals surface area (Å²) in [6, 6.07) is 0.903. The Labute approximate surface area is 106 Å². The predicted octanol–water partition coefficient (Wildman–Crippen LogP) is 2.94. The van der Waals surface area contributed by atoms with Gasteiger partial charge in [-0.25, -0.2) is 0 Å². The summed E-state index contributed by atoms with van der Waals surface area (Å²) in [5.74, 6) is 0. The second-order valence-electron chi connectivity index (χ2n) is 5.49. The van der Waals surface area contributed by atoms with E-state index in [1.54, 1.807) is 0 Å². The van der Waals surface area contributed by atoms with Crippen molar-refractivity contribution in [2.45, 2.75) is 63.8 Å². The fourth-order valence-electron chi connectivity index (χ4n) is 3.19. The minimum absolute atomic E-state index is 0. The molecule has 3 heteroatoms. The lowest BCUT2D eigenvalue weighted by molar-refractivity contribution is 0.157. The first-order valence-electron chi connectivity index (χ1n) is 7.41. The van der Waals surface area contributed by atoms with Crippen molar-refractivity contribution in [3.8, 4) is 0 Å². The number of hydrogen-bond donors (Lipinski definition) is 1. The Morgan fingerprint density at radius 1 is 0.706 bits per heavy atom. The first-order valence-corrected chi connectivity index (χ1v) is 7.41. The van der Waals surface area contributed by atoms with E-state index < -0.39 is 0 Å². The zero-order valence-corrected chi connectivity index (χ0v) is 11.1. The Hall–Kier alpha value is -0.150. The molecular weight excluding hydrogens is 215 g/mol. The molecule has 1 heterocycles. The van der Waals surface area contributed by atoms with Gasteiger partial charge in [0.1, 0.15) is 0 Å². The standard InChI is InChI=1S/C14H28N2.FH/c1-2-4-8-14(9-5-3-1)16-12-7-6-10-15-11-13-16;/h14-15H,1-13H2;1H. The molecule has 2 aliphatic rings. The lowest BCUT2D eigenvalue weighted by atomic mass is 9.95. The number of rotatable bonds is 1. The zero-order valence-electron chi connectivity index (χ0n) is 11.1. The molecule has 0 radical (unpaired) electrons. The Morgan fingerprint density at radius 3 is 2.18 bits per heavy atom. The van der Waals surface area contributed by atoms with Crippen LogP contribution in [0.3, 0.4) is 0 Å². The highest BCUT2D eigenvalue weighted by Gasteiger charge is 2.19. The maximum atomic E-state index is 3.54. The van der Waals surface area contributed by atoms with Crippen LogP contribution >= 0.6 is 0 Å². The van der Waals surface area contributed by atoms with Crippen molar-refractivity contribution < 1.29 is 4.70 Å². The molecule has 0 aromatic rings. The van der Waals surface area contributed by atoms with Gasteiger partial charge in [0.15, 0.2) is 0 Å². The Balaban J connectivity index is 0.00000144. The van der Waals surface area contributed by atoms with E-state index in [-0.39, 0.29) is 4.70 Å². The van der Waals surface area contributed by atoms with Crippen LogP contribution in [0, 0.1) is 0 Å². The predicted molar refractivity (Wildman–Crippen MR) is 72.3 cm³/mol. The fraction of sp³-hybridized carbons (Fsp3) is 1.00. The molecule has 102 valence electrons. The Bertz CT molecular complexity index is 151. The lowest BCUT2D eigenvalue weighted by Crippen LogP contribution is -2.42. The third-order valence-electron chi connectivity index (χ3n) is 4.22. The van der Waals surface area contributed by atoms with E-state index >= 15 is 0 Å². The quantitative estimate of drug-likeness (QED) is 0.763. The average Bonchev–Trinajstić information content (AvgIpc) is 2.18. The summed E-state index contributed by atoms with van der Waals surface area (Å²) >= 11 is 0. The Morgan fingerprint density at radius 2 is 1.41 bits per heavy atom. The van der Waals surface area contributed by atoms with E-state index in [2.05, 4.69) is 10.2 Å². The summed E-state index contributed by atoms with van der Waals surface area (Å²) in [7, 11) is 0. The van der Waals surface area contributed by atoms with Gasteiger partial charge in [0.25, 0.3) is 0 Å². The minimum Gasteiger partial charge on any atom is -0.315 e. The topological polar surface area (TPSA) is 15.3 Å². The summed E-state index contributed by atoms with van der Waals surface area (Å²) in [6.07, 6.45) is 13.0. The number of nitrogens with one attached hydrogen (secondary N) is 1. The van der Waals surface area contributed by atoms with Gasteiger partial charge in [-0.15, -0.1) is 0 Å². The molecule has 0 aromatic carbocycles. The maximum Gasteiger partial charge on any atom is 0.0110 e. The fourth-order valence-corrected chi connectivity index (χ4v) is 3.19. The summed E-state index contributed by atoms with van der Waals surface area (Å²) < 4.78 is 0. The summed E-state index contributed by atoms with van der Waals surface area (Å²) in [5, 5.41) is 3.54. The first-order chi connectivity index (χ1) is 7.97. The highest BCUT2D eigenvalue weighted by molar-refractivity contribution is 4.76. The highest BCUT2D eigenvalue weighted by atomic mass is 19.0. The van der Waals surface area contributed by atoms with E-state index in [0.717, 1.165) is 6.04 Å². The van der Waals surface area contributed by atoms with Gasteiger partial charge in [-0.05, 0) is 38.8 Å². The van der Waals surface area contributed by atoms with Crippen molar-refractivity contribution in [3.05, 3.63) is 0 Å². The lowest BCUT2D eigenvalue weighted by Gasteiger charge is -2.34. The minimum atomic E-state index is 0. The normalized spacial score (nSPS) is 26.1. The highest BCUT2D eigenvalue weighted by Crippen LogP contribution is 2.21. The monoisotopic (exact) mass is 244 g/mol. The maximum absolute atomic E-state index is 3.54. The van der Waals surface area contributed by atoms with Crippen LogP contribution in [0.4, 0.5) is 4.70 Å². The molecule has 1 saturated heterocycles. The molecule has 2 rings (SSSR count). The van der Waals surface area contributed by atoms with Gasteiger partial charge in [-0.1, -0.05) is 32.1 Å². The van der Waals surface area contributed by atoms with E-state index in [1.807, 2.05) is 0 Å². The van der Waals surface area contributed by atoms with Crippen LogP contribution in [0.25, 0.3) is 0 Å². The van der Waals surface area contributed by atoms with E-state index in [9.17, 15) is 0 Å². The van der Waals surface area contributed by atoms with Gasteiger partial charge in [0, 0.05) is 19.1 Å². The van der Waals surface area contributed by atoms with E-state index in [0.29, 0.717) is 0 Å². The number of hydrogen-bond acceptors (Lipinski definition) is 2. The van der Waals surface area contributed by atoms with Crippen molar-refractivity contribution in [1.29, 1.82) is 0 Å². The van der Waals surface area contributed by atoms with E-state index in [1.165, 1.54) is 84.0 Å². The molecule has 2 fully saturated rings. The van der Waals surface area contributed by atoms with Crippen LogP contribution in [0.1, 0.15) is 57.8 Å². The van der Waals surface area contributed by atoms with Gasteiger partial charge in [-0.3, -0.25) is 9.60 Å². The molecule has 1 aliphatic heterocycles. The smallest absolute Gasteiger partial charge is 0.0110 e. The summed E-state index contributed by atoms with van der Waals surface area (Å²) in [6.45, 7) is 5.08. The Kier molecular flexibility index (Phi) is 7.78. The van der Waals surface area contributed by atoms with Gasteiger partial charge in [0.05, 0.1) is 0 Å². The van der Waals surface area contributed by atoms with Crippen molar-refractivity contribution in [1.82, 2.24) is 10.2 Å². The molecule has 1 aliphatic carbocycles. The number of halogens is 1. The van der Waals surface area contributed by atoms with Crippen LogP contribution in [-0.4, -0.2) is 37.1 Å². The van der Waals surface area contributed by atoms with Crippen LogP contribution in [0.5, 0.6) is 0 Å². The molecule has 0 amide bonds. The molecule has 0 unspecified atom stereocenters. The van der Waals surface area contributed by atoms with Gasteiger partial charge in [0.2, 0.25) is 0 Å². The molecule has 0 atom stereocenters. The van der Waals surface area contributed by atoms with Gasteiger partial charge in [-0.2, -0.15) is 0 Å². The second-order valence-corrected chi connectivity index (χ2v) is 5.49. The second kappa shape index (κ2) is 8.87. The van der Waals surface area contributed by atoms with Gasteiger partial charge < -0.3 is 5.32 Å². The van der Waals surface area contributed by atoms with Crippen LogP contribution in [-0.2, 0) is 0 Å². The van der Waals surface area contributed by atoms with Crippen LogP contribution in [0.15, 0.2) is 0 Å².